The molecule has 2 aromatic carbocycles. The molecule has 0 aliphatic carbocycles. The van der Waals surface area contributed by atoms with Gasteiger partial charge in [0.2, 0.25) is 5.91 Å². The Balaban J connectivity index is 1.84. The van der Waals surface area contributed by atoms with Gasteiger partial charge in [-0.2, -0.15) is 0 Å². The number of nitrogens with zero attached hydrogens (tertiary/aromatic N) is 1. The van der Waals surface area contributed by atoms with Crippen LogP contribution < -0.4 is 4.74 Å². The molecule has 0 aliphatic heterocycles. The Morgan fingerprint density at radius 3 is 2.42 bits per heavy atom. The minimum absolute atomic E-state index is 0.0139. The van der Waals surface area contributed by atoms with Crippen molar-refractivity contribution < 1.29 is 14.3 Å². The molecule has 2 rings (SSSR count). The molecule has 1 atom stereocenters. The number of carbonyl (C=O) groups excluding carboxylic acids is 2. The first-order chi connectivity index (χ1) is 12.4. The van der Waals surface area contributed by atoms with Gasteiger partial charge in [0.05, 0.1) is 13.2 Å². The molecule has 2 aromatic rings. The number of rotatable bonds is 8. The third-order valence-electron chi connectivity index (χ3n) is 4.51. The first kappa shape index (κ1) is 20.0. The van der Waals surface area contributed by atoms with E-state index in [1.54, 1.807) is 43.3 Å². The third-order valence-corrected chi connectivity index (χ3v) is 4.75. The van der Waals surface area contributed by atoms with Crippen molar-refractivity contribution >= 4 is 23.3 Å². The summed E-state index contributed by atoms with van der Waals surface area (Å²) in [5.41, 5.74) is 1.63. The van der Waals surface area contributed by atoms with E-state index in [2.05, 4.69) is 0 Å². The van der Waals surface area contributed by atoms with Crippen molar-refractivity contribution in [1.82, 2.24) is 4.90 Å². The highest BCUT2D eigenvalue weighted by Crippen LogP contribution is 2.23. The van der Waals surface area contributed by atoms with Gasteiger partial charge in [0.25, 0.3) is 0 Å². The van der Waals surface area contributed by atoms with E-state index in [0.717, 1.165) is 5.56 Å². The second kappa shape index (κ2) is 9.39. The second-order valence-electron chi connectivity index (χ2n) is 6.24. The molecule has 0 N–H and O–H groups in total. The van der Waals surface area contributed by atoms with Crippen molar-refractivity contribution in [3.63, 3.8) is 0 Å². The third kappa shape index (κ3) is 5.33. The number of carbonyl (C=O) groups is 2. The topological polar surface area (TPSA) is 46.6 Å². The maximum Gasteiger partial charge on any atom is 0.222 e. The largest absolute Gasteiger partial charge is 0.497 e. The van der Waals surface area contributed by atoms with E-state index in [0.29, 0.717) is 35.6 Å². The van der Waals surface area contributed by atoms with Crippen LogP contribution >= 0.6 is 11.6 Å². The summed E-state index contributed by atoms with van der Waals surface area (Å²) >= 11 is 6.02. The molecule has 0 fully saturated rings. The Hall–Kier alpha value is -2.33. The number of halogens is 1. The fourth-order valence-electron chi connectivity index (χ4n) is 2.70. The summed E-state index contributed by atoms with van der Waals surface area (Å²) in [6.07, 6.45) is 1.21. The van der Waals surface area contributed by atoms with Crippen molar-refractivity contribution in [3.05, 3.63) is 64.7 Å². The van der Waals surface area contributed by atoms with Gasteiger partial charge < -0.3 is 9.64 Å². The fourth-order valence-corrected chi connectivity index (χ4v) is 2.90. The Morgan fingerprint density at radius 2 is 1.81 bits per heavy atom. The molecule has 0 radical (unpaired) electrons. The van der Waals surface area contributed by atoms with Crippen LogP contribution in [0.25, 0.3) is 0 Å². The molecule has 1 unspecified atom stereocenters. The van der Waals surface area contributed by atoms with E-state index in [1.807, 2.05) is 31.2 Å². The Kier molecular flexibility index (Phi) is 7.22. The predicted octanol–water partition coefficient (Wildman–Crippen LogP) is 4.92. The summed E-state index contributed by atoms with van der Waals surface area (Å²) < 4.78 is 5.08. The fraction of sp³-hybridized carbons (Fsp3) is 0.333. The number of hydrogen-bond acceptors (Lipinski definition) is 3. The Morgan fingerprint density at radius 1 is 1.12 bits per heavy atom. The van der Waals surface area contributed by atoms with Gasteiger partial charge in [0.1, 0.15) is 5.75 Å². The summed E-state index contributed by atoms with van der Waals surface area (Å²) in [6.45, 7) is 1.96. The van der Waals surface area contributed by atoms with Crippen LogP contribution in [0.15, 0.2) is 48.5 Å². The van der Waals surface area contributed by atoms with Gasteiger partial charge in [0, 0.05) is 30.5 Å². The average Bonchev–Trinajstić information content (AvgIpc) is 2.66. The lowest BCUT2D eigenvalue weighted by molar-refractivity contribution is -0.131. The van der Waals surface area contributed by atoms with Crippen molar-refractivity contribution in [1.29, 1.82) is 0 Å². The molecule has 26 heavy (non-hydrogen) atoms. The highest BCUT2D eigenvalue weighted by atomic mass is 35.5. The quantitative estimate of drug-likeness (QED) is 0.617. The second-order valence-corrected chi connectivity index (χ2v) is 6.68. The van der Waals surface area contributed by atoms with E-state index in [9.17, 15) is 9.59 Å². The molecular formula is C21H24ClNO3. The highest BCUT2D eigenvalue weighted by Gasteiger charge is 2.18. The van der Waals surface area contributed by atoms with Crippen LogP contribution in [0.3, 0.4) is 0 Å². The van der Waals surface area contributed by atoms with Crippen LogP contribution in [0.2, 0.25) is 5.02 Å². The van der Waals surface area contributed by atoms with Gasteiger partial charge in [0.15, 0.2) is 5.78 Å². The van der Waals surface area contributed by atoms with E-state index in [4.69, 9.17) is 16.3 Å². The first-order valence-corrected chi connectivity index (χ1v) is 8.98. The molecule has 0 saturated carbocycles. The number of Topliss-reactive ketones (excluding diaryl/α,β-unsaturated/α-hetero) is 1. The summed E-state index contributed by atoms with van der Waals surface area (Å²) in [6, 6.07) is 14.4. The van der Waals surface area contributed by atoms with E-state index >= 15 is 0 Å². The Bertz CT molecular complexity index is 758. The van der Waals surface area contributed by atoms with Crippen molar-refractivity contribution in [2.24, 2.45) is 0 Å². The maximum atomic E-state index is 12.4. The lowest BCUT2D eigenvalue weighted by Crippen LogP contribution is -2.29. The summed E-state index contributed by atoms with van der Waals surface area (Å²) in [5, 5.41) is 0.653. The van der Waals surface area contributed by atoms with Crippen molar-refractivity contribution in [3.8, 4) is 5.75 Å². The van der Waals surface area contributed by atoms with Crippen molar-refractivity contribution in [2.45, 2.75) is 32.2 Å². The van der Waals surface area contributed by atoms with Crippen LogP contribution in [-0.2, 0) is 4.79 Å². The predicted molar refractivity (Wildman–Crippen MR) is 104 cm³/mol. The van der Waals surface area contributed by atoms with Gasteiger partial charge >= 0.3 is 0 Å². The van der Waals surface area contributed by atoms with Gasteiger partial charge in [-0.05, 0) is 55.3 Å². The zero-order chi connectivity index (χ0) is 19.1. The normalized spacial score (nSPS) is 11.7. The summed E-state index contributed by atoms with van der Waals surface area (Å²) in [7, 11) is 3.36. The number of benzene rings is 2. The lowest BCUT2D eigenvalue weighted by atomic mass is 10.0. The number of hydrogen-bond donors (Lipinski definition) is 0. The molecular weight excluding hydrogens is 350 g/mol. The molecule has 1 amide bonds. The zero-order valence-corrected chi connectivity index (χ0v) is 16.1. The SMILES string of the molecule is COc1ccc(C(=O)CCCC(=O)N(C)C(C)c2cccc(Cl)c2)cc1. The molecule has 5 heteroatoms. The van der Waals surface area contributed by atoms with Crippen LogP contribution in [0.5, 0.6) is 5.75 Å². The molecule has 138 valence electrons. The van der Waals surface area contributed by atoms with Gasteiger partial charge in [-0.25, -0.2) is 0 Å². The zero-order valence-electron chi connectivity index (χ0n) is 15.4. The molecule has 0 heterocycles. The minimum Gasteiger partial charge on any atom is -0.497 e. The number of methoxy groups -OCH3 is 1. The lowest BCUT2D eigenvalue weighted by Gasteiger charge is -2.25. The monoisotopic (exact) mass is 373 g/mol. The van der Waals surface area contributed by atoms with Crippen LogP contribution in [0.1, 0.15) is 48.1 Å². The maximum absolute atomic E-state index is 12.4. The Labute approximate surface area is 159 Å². The molecule has 0 saturated heterocycles. The van der Waals surface area contributed by atoms with Crippen LogP contribution in [0.4, 0.5) is 0 Å². The molecule has 0 bridgehead atoms. The van der Waals surface area contributed by atoms with Gasteiger partial charge in [-0.1, -0.05) is 23.7 Å². The molecule has 4 nitrogen and oxygen atoms in total. The molecule has 0 spiro atoms. The average molecular weight is 374 g/mol. The molecule has 0 aliphatic rings. The summed E-state index contributed by atoms with van der Waals surface area (Å²) in [5.74, 6) is 0.763. The first-order valence-electron chi connectivity index (χ1n) is 8.60. The van der Waals surface area contributed by atoms with Crippen LogP contribution in [-0.4, -0.2) is 30.7 Å². The van der Waals surface area contributed by atoms with E-state index in [-0.39, 0.29) is 17.7 Å². The standard InChI is InChI=1S/C21H24ClNO3/c1-15(17-6-4-7-18(22)14-17)23(2)21(25)9-5-8-20(24)16-10-12-19(26-3)13-11-16/h4,6-7,10-15H,5,8-9H2,1-3H3. The minimum atomic E-state index is -0.0708. The van der Waals surface area contributed by atoms with E-state index < -0.39 is 0 Å². The van der Waals surface area contributed by atoms with Gasteiger partial charge in [-0.3, -0.25) is 9.59 Å². The number of ketones is 1. The number of ether oxygens (including phenoxy) is 1. The number of amides is 1. The van der Waals surface area contributed by atoms with Gasteiger partial charge in [-0.15, -0.1) is 0 Å². The van der Waals surface area contributed by atoms with Crippen molar-refractivity contribution in [2.75, 3.05) is 14.2 Å². The van der Waals surface area contributed by atoms with Crippen LogP contribution in [0, 0.1) is 0 Å². The molecule has 0 aromatic heterocycles. The van der Waals surface area contributed by atoms with E-state index in [1.165, 1.54) is 0 Å². The summed E-state index contributed by atoms with van der Waals surface area (Å²) in [4.78, 5) is 26.3. The smallest absolute Gasteiger partial charge is 0.222 e. The highest BCUT2D eigenvalue weighted by molar-refractivity contribution is 6.30.